The fourth-order valence-corrected chi connectivity index (χ4v) is 4.53. The van der Waals surface area contributed by atoms with Crippen LogP contribution in [-0.4, -0.2) is 33.2 Å². The molecule has 1 aliphatic rings. The number of nitrogens with one attached hydrogen (secondary N) is 2. The number of carbonyl (C=O) groups excluding carboxylic acids is 2. The topological polar surface area (TPSA) is 69.0 Å². The number of H-pyrrole nitrogens is 2. The Morgan fingerprint density at radius 3 is 1.74 bits per heavy atom. The van der Waals surface area contributed by atoms with Gasteiger partial charge in [0.05, 0.1) is 11.1 Å². The Morgan fingerprint density at radius 2 is 1.23 bits per heavy atom. The number of amides is 2. The molecule has 2 N–H and O–H groups in total. The third-order valence-electron chi connectivity index (χ3n) is 6.12. The highest BCUT2D eigenvalue weighted by atomic mass is 16.2. The van der Waals surface area contributed by atoms with Crippen LogP contribution in [0, 0.1) is 0 Å². The van der Waals surface area contributed by atoms with Gasteiger partial charge in [0.1, 0.15) is 0 Å². The van der Waals surface area contributed by atoms with Gasteiger partial charge in [0, 0.05) is 51.9 Å². The number of fused-ring (bicyclic) bond motifs is 2. The molecule has 5 nitrogen and oxygen atoms in total. The summed E-state index contributed by atoms with van der Waals surface area (Å²) in [5.41, 5.74) is 4.44. The molecule has 156 valence electrons. The van der Waals surface area contributed by atoms with Gasteiger partial charge in [-0.3, -0.25) is 14.5 Å². The van der Waals surface area contributed by atoms with Gasteiger partial charge in [0.15, 0.2) is 0 Å². The first kappa shape index (κ1) is 19.4. The lowest BCUT2D eigenvalue weighted by molar-refractivity contribution is -0.136. The number of carbonyl (C=O) groups is 2. The summed E-state index contributed by atoms with van der Waals surface area (Å²) in [6, 6.07) is 15.8. The number of hydrogen-bond donors (Lipinski definition) is 2. The Bertz CT molecular complexity index is 1230. The molecule has 2 amide bonds. The van der Waals surface area contributed by atoms with E-state index in [4.69, 9.17) is 0 Å². The molecule has 31 heavy (non-hydrogen) atoms. The molecule has 0 atom stereocenters. The molecule has 5 heteroatoms. The highest BCUT2D eigenvalue weighted by Gasteiger charge is 2.40. The van der Waals surface area contributed by atoms with Crippen LogP contribution < -0.4 is 0 Å². The van der Waals surface area contributed by atoms with E-state index in [-0.39, 0.29) is 11.8 Å². The number of imide groups is 1. The van der Waals surface area contributed by atoms with E-state index in [9.17, 15) is 9.59 Å². The maximum Gasteiger partial charge on any atom is 0.262 e. The Balaban J connectivity index is 1.67. The largest absolute Gasteiger partial charge is 0.361 e. The Kier molecular flexibility index (Phi) is 4.94. The van der Waals surface area contributed by atoms with Crippen molar-refractivity contribution in [2.24, 2.45) is 0 Å². The Hall–Kier alpha value is -3.60. The molecule has 0 saturated heterocycles. The molecule has 1 aliphatic heterocycles. The van der Waals surface area contributed by atoms with Crippen LogP contribution >= 0.6 is 0 Å². The van der Waals surface area contributed by atoms with Gasteiger partial charge >= 0.3 is 0 Å². The van der Waals surface area contributed by atoms with Crippen LogP contribution in [0.15, 0.2) is 60.9 Å². The first-order valence-electron chi connectivity index (χ1n) is 10.9. The molecule has 0 radical (unpaired) electrons. The van der Waals surface area contributed by atoms with Crippen LogP contribution in [0.25, 0.3) is 33.0 Å². The standard InChI is InChI=1S/C26H25N3O2/c1-2-3-4-9-14-29-25(30)23(19-15-27-21-12-7-5-10-17(19)21)24(26(29)31)20-16-28-22-13-8-6-11-18(20)22/h5-8,10-13,15-16,27-28H,2-4,9,14H2,1H3. The van der Waals surface area contributed by atoms with Crippen molar-refractivity contribution in [3.63, 3.8) is 0 Å². The zero-order chi connectivity index (χ0) is 21.4. The molecule has 3 heterocycles. The molecular formula is C26H25N3O2. The second-order valence-corrected chi connectivity index (χ2v) is 8.07. The molecular weight excluding hydrogens is 386 g/mol. The third kappa shape index (κ3) is 3.17. The van der Waals surface area contributed by atoms with E-state index >= 15 is 0 Å². The van der Waals surface area contributed by atoms with Crippen LogP contribution in [0.2, 0.25) is 0 Å². The van der Waals surface area contributed by atoms with Crippen molar-refractivity contribution in [2.75, 3.05) is 6.54 Å². The molecule has 2 aromatic carbocycles. The van der Waals surface area contributed by atoms with E-state index < -0.39 is 0 Å². The molecule has 5 rings (SSSR count). The summed E-state index contributed by atoms with van der Waals surface area (Å²) in [5, 5.41) is 1.90. The van der Waals surface area contributed by atoms with E-state index in [0.717, 1.165) is 58.6 Å². The lowest BCUT2D eigenvalue weighted by atomic mass is 9.95. The zero-order valence-electron chi connectivity index (χ0n) is 17.6. The van der Waals surface area contributed by atoms with E-state index in [1.54, 1.807) is 0 Å². The Labute approximate surface area is 180 Å². The number of aromatic amines is 2. The first-order valence-corrected chi connectivity index (χ1v) is 10.9. The van der Waals surface area contributed by atoms with E-state index in [1.165, 1.54) is 4.90 Å². The van der Waals surface area contributed by atoms with Gasteiger partial charge in [-0.1, -0.05) is 62.6 Å². The van der Waals surface area contributed by atoms with Gasteiger partial charge in [-0.2, -0.15) is 0 Å². The van der Waals surface area contributed by atoms with Crippen molar-refractivity contribution in [3.8, 4) is 0 Å². The molecule has 4 aromatic rings. The van der Waals surface area contributed by atoms with Crippen LogP contribution in [0.5, 0.6) is 0 Å². The van der Waals surface area contributed by atoms with Gasteiger partial charge in [-0.15, -0.1) is 0 Å². The highest BCUT2D eigenvalue weighted by Crippen LogP contribution is 2.40. The van der Waals surface area contributed by atoms with Gasteiger partial charge in [0.25, 0.3) is 11.8 Å². The highest BCUT2D eigenvalue weighted by molar-refractivity contribution is 6.50. The third-order valence-corrected chi connectivity index (χ3v) is 6.12. The molecule has 0 unspecified atom stereocenters. The number of benzene rings is 2. The predicted molar refractivity (Wildman–Crippen MR) is 124 cm³/mol. The smallest absolute Gasteiger partial charge is 0.262 e. The average molecular weight is 412 g/mol. The normalized spacial score (nSPS) is 14.5. The van der Waals surface area contributed by atoms with Crippen molar-refractivity contribution >= 4 is 44.8 Å². The number of unbranched alkanes of at least 4 members (excludes halogenated alkanes) is 3. The van der Waals surface area contributed by atoms with Crippen molar-refractivity contribution in [1.82, 2.24) is 14.9 Å². The molecule has 2 aromatic heterocycles. The summed E-state index contributed by atoms with van der Waals surface area (Å²) in [6.07, 6.45) is 7.75. The summed E-state index contributed by atoms with van der Waals surface area (Å²) in [7, 11) is 0. The number of rotatable bonds is 7. The maximum atomic E-state index is 13.6. The molecule has 0 spiro atoms. The average Bonchev–Trinajstić information content (AvgIpc) is 3.46. The van der Waals surface area contributed by atoms with Crippen molar-refractivity contribution < 1.29 is 9.59 Å². The monoisotopic (exact) mass is 411 g/mol. The van der Waals surface area contributed by atoms with Gasteiger partial charge in [0.2, 0.25) is 0 Å². The lowest BCUT2D eigenvalue weighted by Crippen LogP contribution is -2.32. The number of nitrogens with zero attached hydrogens (tertiary/aromatic N) is 1. The quantitative estimate of drug-likeness (QED) is 0.311. The second kappa shape index (κ2) is 7.91. The van der Waals surface area contributed by atoms with Crippen molar-refractivity contribution in [3.05, 3.63) is 72.1 Å². The van der Waals surface area contributed by atoms with Gasteiger partial charge in [-0.05, 0) is 18.6 Å². The maximum absolute atomic E-state index is 13.6. The number of para-hydroxylation sites is 2. The van der Waals surface area contributed by atoms with Crippen LogP contribution in [0.3, 0.4) is 0 Å². The number of hydrogen-bond acceptors (Lipinski definition) is 2. The van der Waals surface area contributed by atoms with Crippen LogP contribution in [-0.2, 0) is 9.59 Å². The minimum atomic E-state index is -0.202. The van der Waals surface area contributed by atoms with Crippen LogP contribution in [0.1, 0.15) is 43.7 Å². The van der Waals surface area contributed by atoms with Gasteiger partial charge in [-0.25, -0.2) is 0 Å². The van der Waals surface area contributed by atoms with Crippen molar-refractivity contribution in [1.29, 1.82) is 0 Å². The zero-order valence-corrected chi connectivity index (χ0v) is 17.6. The molecule has 0 aliphatic carbocycles. The summed E-state index contributed by atoms with van der Waals surface area (Å²) in [5.74, 6) is -0.405. The van der Waals surface area contributed by atoms with E-state index in [1.807, 2.05) is 60.9 Å². The van der Waals surface area contributed by atoms with Crippen LogP contribution in [0.4, 0.5) is 0 Å². The van der Waals surface area contributed by atoms with E-state index in [2.05, 4.69) is 16.9 Å². The predicted octanol–water partition coefficient (Wildman–Crippen LogP) is 5.51. The summed E-state index contributed by atoms with van der Waals surface area (Å²) in [6.45, 7) is 2.60. The minimum absolute atomic E-state index is 0.202. The second-order valence-electron chi connectivity index (χ2n) is 8.07. The fraction of sp³-hybridized carbons (Fsp3) is 0.231. The summed E-state index contributed by atoms with van der Waals surface area (Å²) in [4.78, 5) is 35.1. The summed E-state index contributed by atoms with van der Waals surface area (Å²) < 4.78 is 0. The fourth-order valence-electron chi connectivity index (χ4n) is 4.53. The minimum Gasteiger partial charge on any atom is -0.361 e. The molecule has 0 bridgehead atoms. The summed E-state index contributed by atoms with van der Waals surface area (Å²) >= 11 is 0. The first-order chi connectivity index (χ1) is 15.2. The molecule has 0 fully saturated rings. The lowest BCUT2D eigenvalue weighted by Gasteiger charge is -2.15. The Morgan fingerprint density at radius 1 is 0.710 bits per heavy atom. The number of aromatic nitrogens is 2. The van der Waals surface area contributed by atoms with Crippen molar-refractivity contribution in [2.45, 2.75) is 32.6 Å². The molecule has 0 saturated carbocycles. The SMILES string of the molecule is CCCCCCN1C(=O)C(c2c[nH]c3ccccc23)=C(c2c[nH]c3ccccc23)C1=O. The van der Waals surface area contributed by atoms with E-state index in [0.29, 0.717) is 17.7 Å². The van der Waals surface area contributed by atoms with Gasteiger partial charge < -0.3 is 9.97 Å².